The second-order valence-electron chi connectivity index (χ2n) is 7.69. The maximum absolute atomic E-state index is 4.92. The first-order valence-electron chi connectivity index (χ1n) is 10.00. The van der Waals surface area contributed by atoms with E-state index in [0.717, 1.165) is 42.7 Å². The first kappa shape index (κ1) is 18.6. The molecule has 0 aliphatic carbocycles. The summed E-state index contributed by atoms with van der Waals surface area (Å²) in [7, 11) is 4.28. The molecule has 0 unspecified atom stereocenters. The Bertz CT molecular complexity index is 869. The maximum atomic E-state index is 4.92. The molecular weight excluding hydrogens is 348 g/mol. The molecule has 6 nitrogen and oxygen atoms in total. The van der Waals surface area contributed by atoms with E-state index in [1.807, 2.05) is 28.9 Å². The summed E-state index contributed by atoms with van der Waals surface area (Å²) in [4.78, 5) is 14.0. The number of pyridine rings is 1. The van der Waals surface area contributed by atoms with Gasteiger partial charge in [0.05, 0.1) is 6.54 Å². The molecule has 1 fully saturated rings. The first-order valence-corrected chi connectivity index (χ1v) is 10.00. The zero-order chi connectivity index (χ0) is 19.3. The lowest BCUT2D eigenvalue weighted by atomic mass is 9.94. The Balaban J connectivity index is 1.57. The van der Waals surface area contributed by atoms with E-state index in [9.17, 15) is 0 Å². The normalized spacial score (nSPS) is 15.6. The summed E-state index contributed by atoms with van der Waals surface area (Å²) >= 11 is 0. The Morgan fingerprint density at radius 3 is 2.50 bits per heavy atom. The topological polar surface area (TPSA) is 50.1 Å². The van der Waals surface area contributed by atoms with Crippen LogP contribution in [0.25, 0.3) is 5.82 Å². The highest BCUT2D eigenvalue weighted by Gasteiger charge is 2.21. The van der Waals surface area contributed by atoms with Gasteiger partial charge >= 0.3 is 0 Å². The zero-order valence-electron chi connectivity index (χ0n) is 16.7. The Morgan fingerprint density at radius 2 is 1.79 bits per heavy atom. The van der Waals surface area contributed by atoms with Gasteiger partial charge in [-0.15, -0.1) is 5.10 Å². The van der Waals surface area contributed by atoms with Crippen molar-refractivity contribution in [1.29, 1.82) is 0 Å². The van der Waals surface area contributed by atoms with Crippen LogP contribution in [0.3, 0.4) is 0 Å². The summed E-state index contributed by atoms with van der Waals surface area (Å²) in [5.41, 5.74) is 1.16. The molecule has 0 radical (unpaired) electrons. The summed E-state index contributed by atoms with van der Waals surface area (Å²) in [6, 6.07) is 16.3. The van der Waals surface area contributed by atoms with E-state index in [-0.39, 0.29) is 0 Å². The van der Waals surface area contributed by atoms with E-state index in [2.05, 4.69) is 53.1 Å². The van der Waals surface area contributed by atoms with Gasteiger partial charge in [0.25, 0.3) is 0 Å². The molecule has 2 aromatic heterocycles. The molecular formula is C22H28N6. The molecule has 28 heavy (non-hydrogen) atoms. The minimum absolute atomic E-state index is 0.662. The molecule has 0 saturated carbocycles. The quantitative estimate of drug-likeness (QED) is 0.661. The molecule has 3 heterocycles. The van der Waals surface area contributed by atoms with Gasteiger partial charge in [-0.1, -0.05) is 24.3 Å². The van der Waals surface area contributed by atoms with Gasteiger partial charge in [0.15, 0.2) is 17.5 Å². The summed E-state index contributed by atoms with van der Waals surface area (Å²) in [5, 5.41) is 4.84. The fourth-order valence-corrected chi connectivity index (χ4v) is 3.75. The van der Waals surface area contributed by atoms with Crippen LogP contribution in [0.2, 0.25) is 0 Å². The minimum Gasteiger partial charge on any atom is -0.367 e. The Morgan fingerprint density at radius 1 is 1.04 bits per heavy atom. The number of likely N-dealkylation sites (tertiary alicyclic amines) is 1. The summed E-state index contributed by atoms with van der Waals surface area (Å²) in [5.74, 6) is 3.33. The molecule has 3 aromatic rings. The fraction of sp³-hybridized carbons (Fsp3) is 0.409. The molecule has 0 N–H and O–H groups in total. The molecule has 0 bridgehead atoms. The van der Waals surface area contributed by atoms with Crippen molar-refractivity contribution in [3.05, 3.63) is 66.4 Å². The summed E-state index contributed by atoms with van der Waals surface area (Å²) < 4.78 is 1.91. The van der Waals surface area contributed by atoms with Gasteiger partial charge in [0.1, 0.15) is 0 Å². The van der Waals surface area contributed by atoms with E-state index in [0.29, 0.717) is 12.5 Å². The van der Waals surface area contributed by atoms with Crippen molar-refractivity contribution < 1.29 is 0 Å². The highest BCUT2D eigenvalue weighted by Crippen LogP contribution is 2.21. The molecule has 0 spiro atoms. The van der Waals surface area contributed by atoms with Crippen molar-refractivity contribution in [2.75, 3.05) is 32.1 Å². The Hall–Kier alpha value is -2.73. The number of rotatable bonds is 6. The number of hydrogen-bond acceptors (Lipinski definition) is 5. The highest BCUT2D eigenvalue weighted by molar-refractivity contribution is 5.45. The van der Waals surface area contributed by atoms with Crippen LogP contribution in [0.15, 0.2) is 54.7 Å². The smallest absolute Gasteiger partial charge is 0.155 e. The number of para-hydroxylation sites is 1. The number of benzene rings is 1. The number of anilines is 1. The first-order chi connectivity index (χ1) is 13.7. The summed E-state index contributed by atoms with van der Waals surface area (Å²) in [6.45, 7) is 3.01. The van der Waals surface area contributed by atoms with Crippen LogP contribution >= 0.6 is 0 Å². The zero-order valence-corrected chi connectivity index (χ0v) is 16.7. The standard InChI is InChI=1S/C22H28N6/c1-26-14-11-18(12-15-26)16-20-24-22(17-27(2)19-8-4-3-5-9-19)28(25-20)21-10-6-7-13-23-21/h3-10,13,18H,11-12,14-17H2,1-2H3. The predicted octanol–water partition coefficient (Wildman–Crippen LogP) is 3.18. The third-order valence-electron chi connectivity index (χ3n) is 5.47. The van der Waals surface area contributed by atoms with Crippen molar-refractivity contribution in [3.8, 4) is 5.82 Å². The van der Waals surface area contributed by atoms with Gasteiger partial charge in [0, 0.05) is 25.4 Å². The molecule has 1 aliphatic heterocycles. The minimum atomic E-state index is 0.662. The van der Waals surface area contributed by atoms with Crippen LogP contribution < -0.4 is 4.90 Å². The average Bonchev–Trinajstić information content (AvgIpc) is 3.13. The van der Waals surface area contributed by atoms with E-state index in [4.69, 9.17) is 10.1 Å². The third-order valence-corrected chi connectivity index (χ3v) is 5.47. The van der Waals surface area contributed by atoms with Crippen LogP contribution in [-0.4, -0.2) is 51.8 Å². The second-order valence-corrected chi connectivity index (χ2v) is 7.69. The van der Waals surface area contributed by atoms with Gasteiger partial charge in [-0.3, -0.25) is 0 Å². The average molecular weight is 377 g/mol. The molecule has 1 saturated heterocycles. The van der Waals surface area contributed by atoms with Gasteiger partial charge in [-0.05, 0) is 63.2 Å². The Kier molecular flexibility index (Phi) is 5.67. The van der Waals surface area contributed by atoms with Crippen LogP contribution in [0.1, 0.15) is 24.5 Å². The lowest BCUT2D eigenvalue weighted by Gasteiger charge is -2.28. The molecule has 6 heteroatoms. The number of aromatic nitrogens is 4. The molecule has 4 rings (SSSR count). The number of nitrogens with zero attached hydrogens (tertiary/aromatic N) is 6. The van der Waals surface area contributed by atoms with Crippen molar-refractivity contribution in [3.63, 3.8) is 0 Å². The predicted molar refractivity (Wildman–Crippen MR) is 112 cm³/mol. The van der Waals surface area contributed by atoms with Gasteiger partial charge in [-0.2, -0.15) is 4.68 Å². The van der Waals surface area contributed by atoms with Gasteiger partial charge in [-0.25, -0.2) is 9.97 Å². The Labute approximate surface area is 166 Å². The lowest BCUT2D eigenvalue weighted by molar-refractivity contribution is 0.217. The number of piperidine rings is 1. The van der Waals surface area contributed by atoms with E-state index in [1.165, 1.54) is 12.8 Å². The maximum Gasteiger partial charge on any atom is 0.155 e. The largest absolute Gasteiger partial charge is 0.367 e. The molecule has 146 valence electrons. The van der Waals surface area contributed by atoms with Crippen molar-refractivity contribution in [2.24, 2.45) is 5.92 Å². The van der Waals surface area contributed by atoms with E-state index >= 15 is 0 Å². The van der Waals surface area contributed by atoms with Crippen molar-refractivity contribution in [1.82, 2.24) is 24.6 Å². The second kappa shape index (κ2) is 8.52. The molecule has 1 aliphatic rings. The third kappa shape index (κ3) is 4.39. The van der Waals surface area contributed by atoms with Crippen molar-refractivity contribution >= 4 is 5.69 Å². The molecule has 0 amide bonds. The SMILES string of the molecule is CN1CCC(Cc2nc(CN(C)c3ccccc3)n(-c3ccccn3)n2)CC1. The number of hydrogen-bond donors (Lipinski definition) is 0. The van der Waals surface area contributed by atoms with Crippen LogP contribution in [0.5, 0.6) is 0 Å². The molecule has 0 atom stereocenters. The lowest BCUT2D eigenvalue weighted by Crippen LogP contribution is -2.31. The van der Waals surface area contributed by atoms with E-state index in [1.54, 1.807) is 6.20 Å². The van der Waals surface area contributed by atoms with Gasteiger partial charge < -0.3 is 9.80 Å². The van der Waals surface area contributed by atoms with Crippen LogP contribution in [0, 0.1) is 5.92 Å². The van der Waals surface area contributed by atoms with Crippen LogP contribution in [-0.2, 0) is 13.0 Å². The summed E-state index contributed by atoms with van der Waals surface area (Å²) in [6.07, 6.45) is 5.18. The fourth-order valence-electron chi connectivity index (χ4n) is 3.75. The monoisotopic (exact) mass is 376 g/mol. The highest BCUT2D eigenvalue weighted by atomic mass is 15.4. The van der Waals surface area contributed by atoms with Crippen molar-refractivity contribution in [2.45, 2.75) is 25.8 Å². The molecule has 1 aromatic carbocycles. The van der Waals surface area contributed by atoms with E-state index < -0.39 is 0 Å². The van der Waals surface area contributed by atoms with Gasteiger partial charge in [0.2, 0.25) is 0 Å². The van der Waals surface area contributed by atoms with Crippen LogP contribution in [0.4, 0.5) is 5.69 Å².